The second-order valence-corrected chi connectivity index (χ2v) is 9.06. The van der Waals surface area contributed by atoms with Crippen LogP contribution >= 0.6 is 0 Å². The lowest BCUT2D eigenvalue weighted by Gasteiger charge is -2.36. The molecule has 5 rings (SSSR count). The van der Waals surface area contributed by atoms with Crippen LogP contribution in [-0.2, 0) is 6.54 Å². The Morgan fingerprint density at radius 3 is 2.36 bits per heavy atom. The quantitative estimate of drug-likeness (QED) is 0.535. The number of amides is 2. The van der Waals surface area contributed by atoms with Gasteiger partial charge in [0.05, 0.1) is 6.54 Å². The highest BCUT2D eigenvalue weighted by Gasteiger charge is 2.26. The number of anilines is 1. The standard InChI is InChI=1S/C28H29N3O5/c1-29-11-13-30(14-12-29)28(34)31(17-20-5-7-21(8-6-20)25(33)18-32)24-4-2-3-22(15-24)23-9-10-26-27(16-23)36-19-35-26/h2-10,15-16,32H,11-14,17-19H2,1H3. The van der Waals surface area contributed by atoms with Gasteiger partial charge in [0, 0.05) is 37.4 Å². The average Bonchev–Trinajstić information content (AvgIpc) is 3.40. The highest BCUT2D eigenvalue weighted by Crippen LogP contribution is 2.37. The van der Waals surface area contributed by atoms with Crippen molar-refractivity contribution in [2.75, 3.05) is 51.5 Å². The summed E-state index contributed by atoms with van der Waals surface area (Å²) < 4.78 is 11.0. The highest BCUT2D eigenvalue weighted by atomic mass is 16.7. The number of ketones is 1. The molecule has 0 radical (unpaired) electrons. The van der Waals surface area contributed by atoms with Crippen LogP contribution in [0, 0.1) is 0 Å². The molecule has 0 unspecified atom stereocenters. The molecule has 0 spiro atoms. The smallest absolute Gasteiger partial charge is 0.324 e. The van der Waals surface area contributed by atoms with E-state index < -0.39 is 6.61 Å². The second-order valence-electron chi connectivity index (χ2n) is 9.06. The van der Waals surface area contributed by atoms with Gasteiger partial charge in [-0.15, -0.1) is 0 Å². The van der Waals surface area contributed by atoms with Crippen LogP contribution in [0.5, 0.6) is 11.5 Å². The number of aliphatic hydroxyl groups is 1. The van der Waals surface area contributed by atoms with Crippen molar-refractivity contribution >= 4 is 17.5 Å². The van der Waals surface area contributed by atoms with E-state index >= 15 is 0 Å². The second kappa shape index (κ2) is 10.4. The van der Waals surface area contributed by atoms with Crippen LogP contribution in [0.1, 0.15) is 15.9 Å². The fraction of sp³-hybridized carbons (Fsp3) is 0.286. The molecule has 2 aliphatic heterocycles. The van der Waals surface area contributed by atoms with Gasteiger partial charge in [0.15, 0.2) is 17.3 Å². The summed E-state index contributed by atoms with van der Waals surface area (Å²) in [7, 11) is 2.06. The van der Waals surface area contributed by atoms with Crippen molar-refractivity contribution < 1.29 is 24.2 Å². The highest BCUT2D eigenvalue weighted by molar-refractivity contribution is 5.97. The first-order valence-electron chi connectivity index (χ1n) is 12.0. The monoisotopic (exact) mass is 487 g/mol. The molecular formula is C28H29N3O5. The Hall–Kier alpha value is -3.88. The number of aliphatic hydroxyl groups excluding tert-OH is 1. The molecule has 0 atom stereocenters. The number of urea groups is 1. The molecule has 186 valence electrons. The zero-order chi connectivity index (χ0) is 25.1. The number of hydrogen-bond acceptors (Lipinski definition) is 6. The maximum Gasteiger partial charge on any atom is 0.324 e. The normalized spacial score (nSPS) is 15.1. The summed E-state index contributed by atoms with van der Waals surface area (Å²) in [6.07, 6.45) is 0. The number of ether oxygens (including phenoxy) is 2. The first-order valence-corrected chi connectivity index (χ1v) is 12.0. The predicted octanol–water partition coefficient (Wildman–Crippen LogP) is 3.63. The van der Waals surface area contributed by atoms with Crippen molar-refractivity contribution in [3.05, 3.63) is 77.9 Å². The lowest BCUT2D eigenvalue weighted by atomic mass is 10.0. The van der Waals surface area contributed by atoms with Crippen LogP contribution in [0.4, 0.5) is 10.5 Å². The van der Waals surface area contributed by atoms with Crippen molar-refractivity contribution in [2.24, 2.45) is 0 Å². The number of fused-ring (bicyclic) bond motifs is 1. The molecule has 0 saturated carbocycles. The lowest BCUT2D eigenvalue weighted by molar-refractivity contribution is 0.0903. The Morgan fingerprint density at radius 1 is 0.889 bits per heavy atom. The van der Waals surface area contributed by atoms with Crippen LogP contribution in [0.25, 0.3) is 11.1 Å². The number of carbonyl (C=O) groups excluding carboxylic acids is 2. The molecule has 2 aliphatic rings. The van der Waals surface area contributed by atoms with E-state index in [9.17, 15) is 9.59 Å². The van der Waals surface area contributed by atoms with Gasteiger partial charge in [-0.2, -0.15) is 0 Å². The molecule has 2 heterocycles. The van der Waals surface area contributed by atoms with Crippen molar-refractivity contribution in [2.45, 2.75) is 6.54 Å². The SMILES string of the molecule is CN1CCN(C(=O)N(Cc2ccc(C(=O)CO)cc2)c2cccc(-c3ccc4c(c3)OCO4)c2)CC1. The summed E-state index contributed by atoms with van der Waals surface area (Å²) in [5.74, 6) is 1.11. The maximum absolute atomic E-state index is 13.7. The summed E-state index contributed by atoms with van der Waals surface area (Å²) in [5, 5.41) is 9.13. The summed E-state index contributed by atoms with van der Waals surface area (Å²) in [5.41, 5.74) is 4.05. The molecule has 36 heavy (non-hydrogen) atoms. The van der Waals surface area contributed by atoms with E-state index in [1.807, 2.05) is 59.5 Å². The molecule has 8 nitrogen and oxygen atoms in total. The number of hydrogen-bond donors (Lipinski definition) is 1. The fourth-order valence-corrected chi connectivity index (χ4v) is 4.44. The minimum atomic E-state index is -0.528. The van der Waals surface area contributed by atoms with Crippen molar-refractivity contribution in [1.29, 1.82) is 0 Å². The van der Waals surface area contributed by atoms with E-state index in [2.05, 4.69) is 11.9 Å². The third-order valence-corrected chi connectivity index (χ3v) is 6.63. The van der Waals surface area contributed by atoms with Gasteiger partial charge in [-0.3, -0.25) is 9.69 Å². The Kier molecular flexibility index (Phi) is 6.88. The number of benzene rings is 3. The fourth-order valence-electron chi connectivity index (χ4n) is 4.44. The topological polar surface area (TPSA) is 82.6 Å². The van der Waals surface area contributed by atoms with Gasteiger partial charge in [0.25, 0.3) is 0 Å². The van der Waals surface area contributed by atoms with Gasteiger partial charge < -0.3 is 24.4 Å². The Labute approximate surface area is 210 Å². The molecule has 1 saturated heterocycles. The number of nitrogens with zero attached hydrogens (tertiary/aromatic N) is 3. The van der Waals surface area contributed by atoms with E-state index in [4.69, 9.17) is 14.6 Å². The lowest BCUT2D eigenvalue weighted by Crippen LogP contribution is -2.51. The minimum absolute atomic E-state index is 0.0542. The van der Waals surface area contributed by atoms with Gasteiger partial charge in [0.1, 0.15) is 6.61 Å². The molecule has 1 N–H and O–H groups in total. The molecule has 1 fully saturated rings. The van der Waals surface area contributed by atoms with Crippen molar-refractivity contribution in [1.82, 2.24) is 9.80 Å². The molecule has 0 aromatic heterocycles. The first-order chi connectivity index (χ1) is 17.5. The van der Waals surface area contributed by atoms with E-state index in [1.165, 1.54) is 0 Å². The molecule has 3 aromatic carbocycles. The van der Waals surface area contributed by atoms with Crippen molar-refractivity contribution in [3.8, 4) is 22.6 Å². The van der Waals surface area contributed by atoms with Gasteiger partial charge in [-0.1, -0.05) is 42.5 Å². The van der Waals surface area contributed by atoms with Gasteiger partial charge >= 0.3 is 6.03 Å². The van der Waals surface area contributed by atoms with E-state index in [1.54, 1.807) is 17.0 Å². The summed E-state index contributed by atoms with van der Waals surface area (Å²) in [6.45, 7) is 3.02. The molecule has 8 heteroatoms. The van der Waals surface area contributed by atoms with Crippen molar-refractivity contribution in [3.63, 3.8) is 0 Å². The zero-order valence-electron chi connectivity index (χ0n) is 20.2. The summed E-state index contributed by atoms with van der Waals surface area (Å²) >= 11 is 0. The third kappa shape index (κ3) is 5.05. The first kappa shape index (κ1) is 23.8. The average molecular weight is 488 g/mol. The predicted molar refractivity (Wildman–Crippen MR) is 137 cm³/mol. The number of likely N-dealkylation sites (N-methyl/N-ethyl adjacent to an activating group) is 1. The van der Waals surface area contributed by atoms with Crippen LogP contribution in [0.15, 0.2) is 66.7 Å². The van der Waals surface area contributed by atoms with Crippen LogP contribution < -0.4 is 14.4 Å². The summed E-state index contributed by atoms with van der Waals surface area (Å²) in [4.78, 5) is 31.4. The number of piperazine rings is 1. The third-order valence-electron chi connectivity index (χ3n) is 6.63. The van der Waals surface area contributed by atoms with Gasteiger partial charge in [-0.25, -0.2) is 4.79 Å². The van der Waals surface area contributed by atoms with Crippen LogP contribution in [0.2, 0.25) is 0 Å². The Morgan fingerprint density at radius 2 is 1.61 bits per heavy atom. The number of carbonyl (C=O) groups is 2. The Bertz CT molecular complexity index is 1250. The van der Waals surface area contributed by atoms with E-state index in [-0.39, 0.29) is 18.6 Å². The van der Waals surface area contributed by atoms with E-state index in [0.717, 1.165) is 41.2 Å². The summed E-state index contributed by atoms with van der Waals surface area (Å²) in [6, 6.07) is 20.7. The zero-order valence-corrected chi connectivity index (χ0v) is 20.2. The molecule has 0 bridgehead atoms. The van der Waals surface area contributed by atoms with E-state index in [0.29, 0.717) is 30.9 Å². The van der Waals surface area contributed by atoms with Crippen LogP contribution in [-0.4, -0.2) is 73.3 Å². The van der Waals surface area contributed by atoms with Gasteiger partial charge in [0.2, 0.25) is 6.79 Å². The largest absolute Gasteiger partial charge is 0.454 e. The number of Topliss-reactive ketones (excluding diaryl/α,β-unsaturated/α-hetero) is 1. The molecular weight excluding hydrogens is 458 g/mol. The molecule has 3 aromatic rings. The maximum atomic E-state index is 13.7. The number of rotatable bonds is 6. The minimum Gasteiger partial charge on any atom is -0.454 e. The molecule has 2 amide bonds. The van der Waals surface area contributed by atoms with Crippen LogP contribution in [0.3, 0.4) is 0 Å². The molecule has 0 aliphatic carbocycles. The Balaban J connectivity index is 1.45. The van der Waals surface area contributed by atoms with Gasteiger partial charge in [-0.05, 0) is 48.0 Å².